The van der Waals surface area contributed by atoms with Crippen LogP contribution in [0.25, 0.3) is 0 Å². The molecule has 4 nitrogen and oxygen atoms in total. The van der Waals surface area contributed by atoms with E-state index < -0.39 is 5.91 Å². The van der Waals surface area contributed by atoms with Crippen LogP contribution in [0.2, 0.25) is 0 Å². The molecule has 1 aromatic rings. The lowest BCUT2D eigenvalue weighted by atomic mass is 10.0. The standard InChI is InChI=1S/C15H20N2O2/c1-9(11-3-4-11)8-14(18)17-13-6-5-12(15(16)19)7-10(13)2/h5-7,9,11H,3-4,8H2,1-2H3,(H2,16,19)(H,17,18). The van der Waals surface area contributed by atoms with Crippen LogP contribution in [0.5, 0.6) is 0 Å². The maximum Gasteiger partial charge on any atom is 0.248 e. The van der Waals surface area contributed by atoms with E-state index in [0.717, 1.165) is 17.2 Å². The van der Waals surface area contributed by atoms with E-state index in [9.17, 15) is 9.59 Å². The first-order chi connectivity index (χ1) is 8.97. The molecule has 3 N–H and O–H groups in total. The van der Waals surface area contributed by atoms with Crippen molar-refractivity contribution in [1.82, 2.24) is 0 Å². The van der Waals surface area contributed by atoms with Gasteiger partial charge in [0.05, 0.1) is 0 Å². The highest BCUT2D eigenvalue weighted by Crippen LogP contribution is 2.38. The van der Waals surface area contributed by atoms with Crippen molar-refractivity contribution in [2.45, 2.75) is 33.1 Å². The van der Waals surface area contributed by atoms with Crippen LogP contribution in [0.1, 0.15) is 42.1 Å². The van der Waals surface area contributed by atoms with Crippen molar-refractivity contribution in [2.75, 3.05) is 5.32 Å². The summed E-state index contributed by atoms with van der Waals surface area (Å²) in [5.74, 6) is 0.756. The second-order valence-corrected chi connectivity index (χ2v) is 5.46. The van der Waals surface area contributed by atoms with Crippen molar-refractivity contribution in [3.05, 3.63) is 29.3 Å². The molecule has 1 aromatic carbocycles. The predicted molar refractivity (Wildman–Crippen MR) is 74.8 cm³/mol. The largest absolute Gasteiger partial charge is 0.366 e. The molecule has 0 aliphatic heterocycles. The molecule has 0 saturated heterocycles. The zero-order valence-corrected chi connectivity index (χ0v) is 11.4. The fourth-order valence-corrected chi connectivity index (χ4v) is 2.28. The number of aryl methyl sites for hydroxylation is 1. The fraction of sp³-hybridized carbons (Fsp3) is 0.467. The normalized spacial score (nSPS) is 15.9. The van der Waals surface area contributed by atoms with Crippen molar-refractivity contribution < 1.29 is 9.59 Å². The number of benzene rings is 1. The maximum atomic E-state index is 11.9. The third kappa shape index (κ3) is 3.56. The van der Waals surface area contributed by atoms with Crippen LogP contribution in [0, 0.1) is 18.8 Å². The van der Waals surface area contributed by atoms with Gasteiger partial charge in [-0.05, 0) is 55.4 Å². The van der Waals surface area contributed by atoms with Gasteiger partial charge in [0.15, 0.2) is 0 Å². The smallest absolute Gasteiger partial charge is 0.248 e. The maximum absolute atomic E-state index is 11.9. The van der Waals surface area contributed by atoms with Crippen molar-refractivity contribution >= 4 is 17.5 Å². The minimum absolute atomic E-state index is 0.0364. The Morgan fingerprint density at radius 3 is 2.63 bits per heavy atom. The molecular formula is C15H20N2O2. The molecule has 102 valence electrons. The lowest BCUT2D eigenvalue weighted by molar-refractivity contribution is -0.117. The highest BCUT2D eigenvalue weighted by atomic mass is 16.2. The van der Waals surface area contributed by atoms with Crippen LogP contribution in [0.4, 0.5) is 5.69 Å². The first-order valence-corrected chi connectivity index (χ1v) is 6.67. The topological polar surface area (TPSA) is 72.2 Å². The molecule has 0 aromatic heterocycles. The number of anilines is 1. The Morgan fingerprint density at radius 2 is 2.11 bits per heavy atom. The number of hydrogen-bond donors (Lipinski definition) is 2. The molecule has 0 spiro atoms. The van der Waals surface area contributed by atoms with Gasteiger partial charge in [-0.1, -0.05) is 6.92 Å². The molecule has 1 atom stereocenters. The van der Waals surface area contributed by atoms with Gasteiger partial charge in [-0.25, -0.2) is 0 Å². The van der Waals surface area contributed by atoms with E-state index >= 15 is 0 Å². The van der Waals surface area contributed by atoms with Crippen molar-refractivity contribution in [3.63, 3.8) is 0 Å². The van der Waals surface area contributed by atoms with E-state index in [2.05, 4.69) is 12.2 Å². The second kappa shape index (κ2) is 5.43. The van der Waals surface area contributed by atoms with Crippen molar-refractivity contribution in [3.8, 4) is 0 Å². The summed E-state index contributed by atoms with van der Waals surface area (Å²) >= 11 is 0. The van der Waals surface area contributed by atoms with E-state index in [-0.39, 0.29) is 5.91 Å². The van der Waals surface area contributed by atoms with Gasteiger partial charge in [-0.15, -0.1) is 0 Å². The summed E-state index contributed by atoms with van der Waals surface area (Å²) in [5, 5.41) is 2.90. The summed E-state index contributed by atoms with van der Waals surface area (Å²) in [6, 6.07) is 5.06. The van der Waals surface area contributed by atoms with E-state index in [4.69, 9.17) is 5.73 Å². The van der Waals surface area contributed by atoms with Gasteiger partial charge >= 0.3 is 0 Å². The number of nitrogens with one attached hydrogen (secondary N) is 1. The summed E-state index contributed by atoms with van der Waals surface area (Å²) in [5.41, 5.74) is 7.27. The van der Waals surface area contributed by atoms with Gasteiger partial charge in [0.25, 0.3) is 0 Å². The highest BCUT2D eigenvalue weighted by molar-refractivity contribution is 5.95. The van der Waals surface area contributed by atoms with Gasteiger partial charge in [0, 0.05) is 17.7 Å². The number of primary amides is 1. The molecule has 1 aliphatic carbocycles. The molecule has 0 radical (unpaired) electrons. The molecule has 2 amide bonds. The van der Waals surface area contributed by atoms with Crippen LogP contribution >= 0.6 is 0 Å². The van der Waals surface area contributed by atoms with Crippen molar-refractivity contribution in [2.24, 2.45) is 17.6 Å². The Kier molecular flexibility index (Phi) is 3.88. The van der Waals surface area contributed by atoms with Gasteiger partial charge in [0.2, 0.25) is 11.8 Å². The summed E-state index contributed by atoms with van der Waals surface area (Å²) < 4.78 is 0. The van der Waals surface area contributed by atoms with E-state index in [0.29, 0.717) is 17.9 Å². The van der Waals surface area contributed by atoms with Crippen molar-refractivity contribution in [1.29, 1.82) is 0 Å². The van der Waals surface area contributed by atoms with Crippen LogP contribution in [0.3, 0.4) is 0 Å². The number of hydrogen-bond acceptors (Lipinski definition) is 2. The third-order valence-corrected chi connectivity index (χ3v) is 3.72. The lowest BCUT2D eigenvalue weighted by Crippen LogP contribution is -2.17. The Morgan fingerprint density at radius 1 is 1.42 bits per heavy atom. The van der Waals surface area contributed by atoms with Crippen LogP contribution in [0.15, 0.2) is 18.2 Å². The summed E-state index contributed by atoms with van der Waals surface area (Å²) in [6.45, 7) is 3.98. The minimum Gasteiger partial charge on any atom is -0.366 e. The van der Waals surface area contributed by atoms with Crippen LogP contribution in [-0.2, 0) is 4.79 Å². The zero-order chi connectivity index (χ0) is 14.0. The summed E-state index contributed by atoms with van der Waals surface area (Å²) in [4.78, 5) is 23.0. The molecule has 1 fully saturated rings. The molecule has 4 heteroatoms. The monoisotopic (exact) mass is 260 g/mol. The van der Waals surface area contributed by atoms with E-state index in [1.807, 2.05) is 6.92 Å². The third-order valence-electron chi connectivity index (χ3n) is 3.72. The Hall–Kier alpha value is -1.84. The number of amides is 2. The quantitative estimate of drug-likeness (QED) is 0.853. The fourth-order valence-electron chi connectivity index (χ4n) is 2.28. The second-order valence-electron chi connectivity index (χ2n) is 5.46. The molecule has 1 aliphatic rings. The van der Waals surface area contributed by atoms with Gasteiger partial charge < -0.3 is 11.1 Å². The van der Waals surface area contributed by atoms with E-state index in [1.54, 1.807) is 18.2 Å². The highest BCUT2D eigenvalue weighted by Gasteiger charge is 2.29. The van der Waals surface area contributed by atoms with Gasteiger partial charge in [-0.3, -0.25) is 9.59 Å². The van der Waals surface area contributed by atoms with Crippen LogP contribution in [-0.4, -0.2) is 11.8 Å². The molecule has 19 heavy (non-hydrogen) atoms. The Labute approximate surface area is 113 Å². The number of rotatable bonds is 5. The summed E-state index contributed by atoms with van der Waals surface area (Å²) in [6.07, 6.45) is 3.06. The van der Waals surface area contributed by atoms with Gasteiger partial charge in [0.1, 0.15) is 0 Å². The molecule has 0 heterocycles. The predicted octanol–water partition coefficient (Wildman–Crippen LogP) is 2.47. The molecule has 2 rings (SSSR count). The van der Waals surface area contributed by atoms with E-state index in [1.165, 1.54) is 12.8 Å². The molecule has 0 bridgehead atoms. The van der Waals surface area contributed by atoms with Crippen LogP contribution < -0.4 is 11.1 Å². The first-order valence-electron chi connectivity index (χ1n) is 6.67. The molecule has 1 unspecified atom stereocenters. The number of carbonyl (C=O) groups excluding carboxylic acids is 2. The molecule has 1 saturated carbocycles. The summed E-state index contributed by atoms with van der Waals surface area (Å²) in [7, 11) is 0. The minimum atomic E-state index is -0.455. The SMILES string of the molecule is Cc1cc(C(N)=O)ccc1NC(=O)CC(C)C1CC1. The Bertz CT molecular complexity index is 507. The number of carbonyl (C=O) groups is 2. The average molecular weight is 260 g/mol. The number of nitrogens with two attached hydrogens (primary N) is 1. The first kappa shape index (κ1) is 13.6. The average Bonchev–Trinajstić information content (AvgIpc) is 3.15. The Balaban J connectivity index is 1.98. The lowest BCUT2D eigenvalue weighted by Gasteiger charge is -2.12. The molecular weight excluding hydrogens is 240 g/mol. The zero-order valence-electron chi connectivity index (χ0n) is 11.4. The van der Waals surface area contributed by atoms with Gasteiger partial charge in [-0.2, -0.15) is 0 Å².